The van der Waals surface area contributed by atoms with Crippen LogP contribution < -0.4 is 5.73 Å². The Morgan fingerprint density at radius 2 is 1.71 bits per heavy atom. The first kappa shape index (κ1) is 11.8. The molecule has 0 fully saturated rings. The Balaban J connectivity index is 2.61. The van der Waals surface area contributed by atoms with E-state index in [1.165, 1.54) is 23.3 Å². The van der Waals surface area contributed by atoms with Gasteiger partial charge in [-0.1, -0.05) is 29.8 Å². The Hall–Kier alpha value is -1.67. The summed E-state index contributed by atoms with van der Waals surface area (Å²) < 4.78 is 12.9. The number of hydrogen-bond donors (Lipinski definition) is 1. The van der Waals surface area contributed by atoms with Gasteiger partial charge in [0, 0.05) is 6.54 Å². The van der Waals surface area contributed by atoms with Gasteiger partial charge in [-0.25, -0.2) is 4.39 Å². The van der Waals surface area contributed by atoms with Crippen molar-refractivity contribution in [1.29, 1.82) is 0 Å². The highest BCUT2D eigenvalue weighted by atomic mass is 19.1. The van der Waals surface area contributed by atoms with Crippen molar-refractivity contribution in [2.24, 2.45) is 5.73 Å². The van der Waals surface area contributed by atoms with Gasteiger partial charge in [0.15, 0.2) is 0 Å². The largest absolute Gasteiger partial charge is 0.326 e. The molecule has 0 saturated heterocycles. The lowest BCUT2D eigenvalue weighted by Gasteiger charge is -2.12. The Morgan fingerprint density at radius 3 is 2.29 bits per heavy atom. The fraction of sp³-hybridized carbons (Fsp3) is 0.200. The van der Waals surface area contributed by atoms with Gasteiger partial charge in [0.2, 0.25) is 0 Å². The lowest BCUT2D eigenvalue weighted by molar-refractivity contribution is 0.628. The molecule has 0 radical (unpaired) electrons. The number of nitrogens with two attached hydrogens (primary N) is 1. The van der Waals surface area contributed by atoms with E-state index in [4.69, 9.17) is 5.73 Å². The molecule has 0 aliphatic carbocycles. The summed E-state index contributed by atoms with van der Waals surface area (Å²) in [6.07, 6.45) is 0. The SMILES string of the molecule is Cc1cc(C)c(CN)c(-c2ccc(F)cc2)c1. The minimum Gasteiger partial charge on any atom is -0.326 e. The van der Waals surface area contributed by atoms with Gasteiger partial charge in [-0.05, 0) is 48.2 Å². The molecule has 0 aliphatic rings. The summed E-state index contributed by atoms with van der Waals surface area (Å²) in [5.74, 6) is -0.215. The first-order valence-corrected chi connectivity index (χ1v) is 5.68. The molecule has 0 spiro atoms. The van der Waals surface area contributed by atoms with Gasteiger partial charge in [0.1, 0.15) is 5.82 Å². The second-order valence-corrected chi connectivity index (χ2v) is 4.32. The zero-order valence-corrected chi connectivity index (χ0v) is 10.1. The quantitative estimate of drug-likeness (QED) is 0.837. The van der Waals surface area contributed by atoms with Crippen LogP contribution in [0.4, 0.5) is 4.39 Å². The van der Waals surface area contributed by atoms with E-state index in [-0.39, 0.29) is 5.82 Å². The van der Waals surface area contributed by atoms with E-state index in [1.54, 1.807) is 12.1 Å². The average molecular weight is 229 g/mol. The third kappa shape index (κ3) is 2.37. The summed E-state index contributed by atoms with van der Waals surface area (Å²) in [4.78, 5) is 0. The maximum absolute atomic E-state index is 12.9. The normalized spacial score (nSPS) is 10.6. The fourth-order valence-electron chi connectivity index (χ4n) is 2.16. The molecule has 0 heterocycles. The molecule has 1 nitrogen and oxygen atoms in total. The topological polar surface area (TPSA) is 26.0 Å². The molecule has 2 N–H and O–H groups in total. The fourth-order valence-corrected chi connectivity index (χ4v) is 2.16. The van der Waals surface area contributed by atoms with Crippen LogP contribution in [-0.2, 0) is 6.54 Å². The molecule has 17 heavy (non-hydrogen) atoms. The molecule has 2 aromatic carbocycles. The summed E-state index contributed by atoms with van der Waals surface area (Å²) in [6.45, 7) is 4.61. The van der Waals surface area contributed by atoms with Gasteiger partial charge in [-0.2, -0.15) is 0 Å². The van der Waals surface area contributed by atoms with Crippen LogP contribution in [0.1, 0.15) is 16.7 Å². The highest BCUT2D eigenvalue weighted by Crippen LogP contribution is 2.27. The molecule has 2 aromatic rings. The van der Waals surface area contributed by atoms with E-state index in [9.17, 15) is 4.39 Å². The summed E-state index contributed by atoms with van der Waals surface area (Å²) in [7, 11) is 0. The van der Waals surface area contributed by atoms with Crippen LogP contribution in [0.5, 0.6) is 0 Å². The van der Waals surface area contributed by atoms with Crippen LogP contribution in [0, 0.1) is 19.7 Å². The summed E-state index contributed by atoms with van der Waals surface area (Å²) in [5.41, 5.74) is 11.4. The Bertz CT molecular complexity index is 529. The predicted molar refractivity (Wildman–Crippen MR) is 69.2 cm³/mol. The first-order valence-electron chi connectivity index (χ1n) is 5.68. The molecular weight excluding hydrogens is 213 g/mol. The summed E-state index contributed by atoms with van der Waals surface area (Å²) in [6, 6.07) is 10.8. The van der Waals surface area contributed by atoms with Crippen molar-refractivity contribution >= 4 is 0 Å². The minimum absolute atomic E-state index is 0.215. The smallest absolute Gasteiger partial charge is 0.123 e. The molecule has 0 aromatic heterocycles. The van der Waals surface area contributed by atoms with Crippen LogP contribution >= 0.6 is 0 Å². The van der Waals surface area contributed by atoms with E-state index in [2.05, 4.69) is 26.0 Å². The zero-order chi connectivity index (χ0) is 12.4. The van der Waals surface area contributed by atoms with Crippen molar-refractivity contribution in [3.8, 4) is 11.1 Å². The number of aryl methyl sites for hydroxylation is 2. The van der Waals surface area contributed by atoms with E-state index in [1.807, 2.05) is 0 Å². The summed E-state index contributed by atoms with van der Waals surface area (Å²) >= 11 is 0. The van der Waals surface area contributed by atoms with E-state index in [0.717, 1.165) is 16.7 Å². The van der Waals surface area contributed by atoms with Crippen LogP contribution in [0.3, 0.4) is 0 Å². The molecule has 0 unspecified atom stereocenters. The predicted octanol–water partition coefficient (Wildman–Crippen LogP) is 3.57. The van der Waals surface area contributed by atoms with Crippen LogP contribution in [0.25, 0.3) is 11.1 Å². The monoisotopic (exact) mass is 229 g/mol. The third-order valence-electron chi connectivity index (χ3n) is 2.98. The van der Waals surface area contributed by atoms with Crippen LogP contribution in [0.2, 0.25) is 0 Å². The van der Waals surface area contributed by atoms with Crippen molar-refractivity contribution in [1.82, 2.24) is 0 Å². The molecule has 0 aliphatic heterocycles. The van der Waals surface area contributed by atoms with Crippen molar-refractivity contribution in [2.45, 2.75) is 20.4 Å². The zero-order valence-electron chi connectivity index (χ0n) is 10.1. The number of hydrogen-bond acceptors (Lipinski definition) is 1. The van der Waals surface area contributed by atoms with E-state index in [0.29, 0.717) is 6.54 Å². The number of benzene rings is 2. The lowest BCUT2D eigenvalue weighted by atomic mass is 9.94. The maximum Gasteiger partial charge on any atom is 0.123 e. The second-order valence-electron chi connectivity index (χ2n) is 4.32. The van der Waals surface area contributed by atoms with Gasteiger partial charge in [-0.3, -0.25) is 0 Å². The minimum atomic E-state index is -0.215. The molecule has 0 saturated carbocycles. The Kier molecular flexibility index (Phi) is 3.25. The highest BCUT2D eigenvalue weighted by molar-refractivity contribution is 5.69. The number of rotatable bonds is 2. The number of halogens is 1. The first-order chi connectivity index (χ1) is 8.11. The Labute approximate surface area is 101 Å². The molecule has 0 amide bonds. The molecular formula is C15H16FN. The average Bonchev–Trinajstić information content (AvgIpc) is 2.29. The van der Waals surface area contributed by atoms with Gasteiger partial charge in [0.05, 0.1) is 0 Å². The van der Waals surface area contributed by atoms with Gasteiger partial charge in [-0.15, -0.1) is 0 Å². The van der Waals surface area contributed by atoms with E-state index < -0.39 is 0 Å². The van der Waals surface area contributed by atoms with Crippen molar-refractivity contribution in [2.75, 3.05) is 0 Å². The summed E-state index contributed by atoms with van der Waals surface area (Å²) in [5, 5.41) is 0. The standard InChI is InChI=1S/C15H16FN/c1-10-7-11(2)15(9-17)14(8-10)12-3-5-13(16)6-4-12/h3-8H,9,17H2,1-2H3. The highest BCUT2D eigenvalue weighted by Gasteiger charge is 2.07. The van der Waals surface area contributed by atoms with Crippen LogP contribution in [0.15, 0.2) is 36.4 Å². The van der Waals surface area contributed by atoms with Crippen LogP contribution in [-0.4, -0.2) is 0 Å². The lowest BCUT2D eigenvalue weighted by Crippen LogP contribution is -2.02. The maximum atomic E-state index is 12.9. The van der Waals surface area contributed by atoms with Gasteiger partial charge >= 0.3 is 0 Å². The molecule has 2 heteroatoms. The molecule has 88 valence electrons. The van der Waals surface area contributed by atoms with E-state index >= 15 is 0 Å². The van der Waals surface area contributed by atoms with Crippen molar-refractivity contribution in [3.05, 3.63) is 58.9 Å². The molecule has 0 atom stereocenters. The van der Waals surface area contributed by atoms with Crippen molar-refractivity contribution < 1.29 is 4.39 Å². The molecule has 0 bridgehead atoms. The molecule has 2 rings (SSSR count). The third-order valence-corrected chi connectivity index (χ3v) is 2.98. The second kappa shape index (κ2) is 4.68. The van der Waals surface area contributed by atoms with Gasteiger partial charge < -0.3 is 5.73 Å². The van der Waals surface area contributed by atoms with Crippen molar-refractivity contribution in [3.63, 3.8) is 0 Å². The Morgan fingerprint density at radius 1 is 1.06 bits per heavy atom. The van der Waals surface area contributed by atoms with Gasteiger partial charge in [0.25, 0.3) is 0 Å².